The third-order valence-electron chi connectivity index (χ3n) is 3.82. The highest BCUT2D eigenvalue weighted by Gasteiger charge is 2.21. The summed E-state index contributed by atoms with van der Waals surface area (Å²) in [7, 11) is 1.76. The van der Waals surface area contributed by atoms with Crippen molar-refractivity contribution in [3.63, 3.8) is 0 Å². The second-order valence-electron chi connectivity index (χ2n) is 5.04. The molecule has 0 bridgehead atoms. The molecule has 1 unspecified atom stereocenters. The minimum absolute atomic E-state index is 0.409. The van der Waals surface area contributed by atoms with E-state index in [1.807, 2.05) is 0 Å². The monoisotopic (exact) mass is 253 g/mol. The Hall–Kier alpha value is -1.64. The average molecular weight is 253 g/mol. The van der Waals surface area contributed by atoms with Gasteiger partial charge in [-0.15, -0.1) is 0 Å². The Balaban J connectivity index is 1.90. The maximum atomic E-state index is 5.31. The maximum absolute atomic E-state index is 5.31. The zero-order valence-electron chi connectivity index (χ0n) is 11.2. The minimum Gasteiger partial charge on any atom is -0.380 e. The number of rotatable bonds is 3. The first-order valence-electron chi connectivity index (χ1n) is 6.75. The number of ether oxygens (including phenoxy) is 1. The van der Waals surface area contributed by atoms with E-state index in [1.165, 1.54) is 22.3 Å². The first kappa shape index (κ1) is 12.4. The van der Waals surface area contributed by atoms with Crippen molar-refractivity contribution >= 4 is 0 Å². The SMILES string of the molecule is COCc1cccc2c1CC(c1ccccc1)NC2. The summed E-state index contributed by atoms with van der Waals surface area (Å²) in [6.07, 6.45) is 1.04. The number of benzene rings is 2. The quantitative estimate of drug-likeness (QED) is 0.907. The summed E-state index contributed by atoms with van der Waals surface area (Å²) in [5, 5.41) is 3.62. The molecule has 0 amide bonds. The van der Waals surface area contributed by atoms with Gasteiger partial charge in [-0.05, 0) is 28.7 Å². The van der Waals surface area contributed by atoms with Crippen LogP contribution in [0.4, 0.5) is 0 Å². The van der Waals surface area contributed by atoms with Gasteiger partial charge in [0.2, 0.25) is 0 Å². The molecule has 2 aromatic rings. The van der Waals surface area contributed by atoms with Gasteiger partial charge in [0.25, 0.3) is 0 Å². The molecule has 0 aromatic heterocycles. The fourth-order valence-electron chi connectivity index (χ4n) is 2.84. The van der Waals surface area contributed by atoms with Crippen LogP contribution in [0.3, 0.4) is 0 Å². The Morgan fingerprint density at radius 1 is 1.11 bits per heavy atom. The van der Waals surface area contributed by atoms with Gasteiger partial charge >= 0.3 is 0 Å². The first-order chi connectivity index (χ1) is 9.38. The predicted molar refractivity (Wildman–Crippen MR) is 76.9 cm³/mol. The van der Waals surface area contributed by atoms with Crippen LogP contribution in [-0.2, 0) is 24.3 Å². The fourth-order valence-corrected chi connectivity index (χ4v) is 2.84. The molecule has 1 aliphatic heterocycles. The average Bonchev–Trinajstić information content (AvgIpc) is 2.48. The Morgan fingerprint density at radius 3 is 2.74 bits per heavy atom. The lowest BCUT2D eigenvalue weighted by Gasteiger charge is -2.28. The second-order valence-corrected chi connectivity index (χ2v) is 5.04. The van der Waals surface area contributed by atoms with Crippen molar-refractivity contribution < 1.29 is 4.74 Å². The smallest absolute Gasteiger partial charge is 0.0715 e. The molecular formula is C17H19NO. The van der Waals surface area contributed by atoms with Crippen LogP contribution in [0.1, 0.15) is 28.3 Å². The standard InChI is InChI=1S/C17H19NO/c1-19-12-15-9-5-8-14-11-18-17(10-16(14)15)13-6-3-2-4-7-13/h2-9,17-18H,10-12H2,1H3. The summed E-state index contributed by atoms with van der Waals surface area (Å²) in [6, 6.07) is 17.6. The van der Waals surface area contributed by atoms with Crippen LogP contribution in [0.5, 0.6) is 0 Å². The zero-order valence-corrected chi connectivity index (χ0v) is 11.2. The van der Waals surface area contributed by atoms with E-state index >= 15 is 0 Å². The van der Waals surface area contributed by atoms with Gasteiger partial charge in [-0.3, -0.25) is 0 Å². The molecule has 2 aromatic carbocycles. The van der Waals surface area contributed by atoms with E-state index in [-0.39, 0.29) is 0 Å². The number of fused-ring (bicyclic) bond motifs is 1. The third kappa shape index (κ3) is 2.55. The van der Waals surface area contributed by atoms with Crippen LogP contribution in [0.2, 0.25) is 0 Å². The maximum Gasteiger partial charge on any atom is 0.0715 e. The highest BCUT2D eigenvalue weighted by atomic mass is 16.5. The molecule has 1 atom stereocenters. The number of hydrogen-bond acceptors (Lipinski definition) is 2. The van der Waals surface area contributed by atoms with E-state index in [9.17, 15) is 0 Å². The summed E-state index contributed by atoms with van der Waals surface area (Å²) >= 11 is 0. The van der Waals surface area contributed by atoms with Crippen LogP contribution in [0.15, 0.2) is 48.5 Å². The Labute approximate surface area is 114 Å². The van der Waals surface area contributed by atoms with Gasteiger partial charge in [0.05, 0.1) is 6.61 Å². The number of hydrogen-bond donors (Lipinski definition) is 1. The zero-order chi connectivity index (χ0) is 13.1. The van der Waals surface area contributed by atoms with Crippen molar-refractivity contribution in [2.45, 2.75) is 25.6 Å². The molecule has 0 fully saturated rings. The van der Waals surface area contributed by atoms with Crippen molar-refractivity contribution in [3.05, 3.63) is 70.8 Å². The second kappa shape index (κ2) is 5.55. The molecule has 19 heavy (non-hydrogen) atoms. The third-order valence-corrected chi connectivity index (χ3v) is 3.82. The van der Waals surface area contributed by atoms with Crippen molar-refractivity contribution in [2.24, 2.45) is 0 Å². The molecule has 0 saturated carbocycles. The van der Waals surface area contributed by atoms with E-state index in [0.29, 0.717) is 12.6 Å². The topological polar surface area (TPSA) is 21.3 Å². The highest BCUT2D eigenvalue weighted by molar-refractivity contribution is 5.39. The summed E-state index contributed by atoms with van der Waals surface area (Å²) in [5.41, 5.74) is 5.54. The summed E-state index contributed by atoms with van der Waals surface area (Å²) in [6.45, 7) is 1.64. The number of nitrogens with one attached hydrogen (secondary N) is 1. The lowest BCUT2D eigenvalue weighted by atomic mass is 9.89. The van der Waals surface area contributed by atoms with E-state index in [2.05, 4.69) is 53.8 Å². The van der Waals surface area contributed by atoms with Crippen LogP contribution < -0.4 is 5.32 Å². The van der Waals surface area contributed by atoms with Gasteiger partial charge in [-0.2, -0.15) is 0 Å². The molecule has 0 spiro atoms. The van der Waals surface area contributed by atoms with E-state index < -0.39 is 0 Å². The fraction of sp³-hybridized carbons (Fsp3) is 0.294. The molecule has 98 valence electrons. The van der Waals surface area contributed by atoms with Gasteiger partial charge in [0.15, 0.2) is 0 Å². The molecule has 3 rings (SSSR count). The largest absolute Gasteiger partial charge is 0.380 e. The molecule has 1 heterocycles. The van der Waals surface area contributed by atoms with E-state index in [1.54, 1.807) is 7.11 Å². The van der Waals surface area contributed by atoms with Gasteiger partial charge in [0, 0.05) is 19.7 Å². The van der Waals surface area contributed by atoms with Gasteiger partial charge in [0.1, 0.15) is 0 Å². The molecule has 0 aliphatic carbocycles. The first-order valence-corrected chi connectivity index (χ1v) is 6.75. The normalized spacial score (nSPS) is 18.1. The van der Waals surface area contributed by atoms with E-state index in [0.717, 1.165) is 13.0 Å². The van der Waals surface area contributed by atoms with Crippen molar-refractivity contribution in [3.8, 4) is 0 Å². The Bertz CT molecular complexity index is 550. The van der Waals surface area contributed by atoms with Gasteiger partial charge in [-0.1, -0.05) is 48.5 Å². The number of methoxy groups -OCH3 is 1. The van der Waals surface area contributed by atoms with Crippen LogP contribution >= 0.6 is 0 Å². The van der Waals surface area contributed by atoms with Crippen LogP contribution in [-0.4, -0.2) is 7.11 Å². The van der Waals surface area contributed by atoms with Gasteiger partial charge < -0.3 is 10.1 Å². The molecule has 0 radical (unpaired) electrons. The van der Waals surface area contributed by atoms with Crippen LogP contribution in [0.25, 0.3) is 0 Å². The molecular weight excluding hydrogens is 234 g/mol. The lowest BCUT2D eigenvalue weighted by Crippen LogP contribution is -2.29. The minimum atomic E-state index is 0.409. The lowest BCUT2D eigenvalue weighted by molar-refractivity contribution is 0.183. The highest BCUT2D eigenvalue weighted by Crippen LogP contribution is 2.28. The summed E-state index contributed by atoms with van der Waals surface area (Å²) in [5.74, 6) is 0. The molecule has 1 aliphatic rings. The Morgan fingerprint density at radius 2 is 1.95 bits per heavy atom. The Kier molecular flexibility index (Phi) is 3.62. The van der Waals surface area contributed by atoms with Gasteiger partial charge in [-0.25, -0.2) is 0 Å². The van der Waals surface area contributed by atoms with E-state index in [4.69, 9.17) is 4.74 Å². The summed E-state index contributed by atoms with van der Waals surface area (Å²) < 4.78 is 5.31. The molecule has 2 heteroatoms. The molecule has 1 N–H and O–H groups in total. The molecule has 2 nitrogen and oxygen atoms in total. The van der Waals surface area contributed by atoms with Crippen molar-refractivity contribution in [1.82, 2.24) is 5.32 Å². The predicted octanol–water partition coefficient (Wildman–Crippen LogP) is 3.22. The van der Waals surface area contributed by atoms with Crippen molar-refractivity contribution in [1.29, 1.82) is 0 Å². The molecule has 0 saturated heterocycles. The summed E-state index contributed by atoms with van der Waals surface area (Å²) in [4.78, 5) is 0. The van der Waals surface area contributed by atoms with Crippen LogP contribution in [0, 0.1) is 0 Å². The van der Waals surface area contributed by atoms with Crippen molar-refractivity contribution in [2.75, 3.05) is 7.11 Å².